The summed E-state index contributed by atoms with van der Waals surface area (Å²) in [7, 11) is 4.51. The molecule has 268 valence electrons. The van der Waals surface area contributed by atoms with Gasteiger partial charge in [-0.1, -0.05) is 65.9 Å². The van der Waals surface area contributed by atoms with Crippen molar-refractivity contribution in [3.63, 3.8) is 0 Å². The van der Waals surface area contributed by atoms with Crippen molar-refractivity contribution in [3.05, 3.63) is 143 Å². The van der Waals surface area contributed by atoms with E-state index in [0.29, 0.717) is 39.2 Å². The molecule has 0 fully saturated rings. The van der Waals surface area contributed by atoms with Gasteiger partial charge in [0.1, 0.15) is 16.7 Å². The Morgan fingerprint density at radius 1 is 0.755 bits per heavy atom. The summed E-state index contributed by atoms with van der Waals surface area (Å²) in [6, 6.07) is 34.5. The summed E-state index contributed by atoms with van der Waals surface area (Å²) in [5.41, 5.74) is 4.08. The van der Waals surface area contributed by atoms with E-state index in [4.69, 9.17) is 14.2 Å². The van der Waals surface area contributed by atoms with Crippen LogP contribution in [0.5, 0.6) is 17.2 Å². The van der Waals surface area contributed by atoms with E-state index >= 15 is 0 Å². The number of nitrogens with zero attached hydrogens (tertiary/aromatic N) is 1. The van der Waals surface area contributed by atoms with E-state index in [-0.39, 0.29) is 11.6 Å². The van der Waals surface area contributed by atoms with Crippen LogP contribution in [0.25, 0.3) is 16.3 Å². The molecule has 53 heavy (non-hydrogen) atoms. The highest BCUT2D eigenvalue weighted by molar-refractivity contribution is 8.00. The normalized spacial score (nSPS) is 11.7. The topological polar surface area (TPSA) is 128 Å². The van der Waals surface area contributed by atoms with Crippen molar-refractivity contribution in [1.82, 2.24) is 10.3 Å². The average Bonchev–Trinajstić information content (AvgIpc) is 3.58. The van der Waals surface area contributed by atoms with Crippen molar-refractivity contribution < 1.29 is 28.6 Å². The molecule has 3 N–H and O–H groups in total. The van der Waals surface area contributed by atoms with Gasteiger partial charge in [-0.05, 0) is 78.7 Å². The zero-order valence-electron chi connectivity index (χ0n) is 29.3. The van der Waals surface area contributed by atoms with Crippen LogP contribution >= 0.6 is 23.1 Å². The van der Waals surface area contributed by atoms with Gasteiger partial charge < -0.3 is 30.2 Å². The molecule has 0 aliphatic heterocycles. The van der Waals surface area contributed by atoms with Gasteiger partial charge in [-0.15, -0.1) is 11.8 Å². The first-order valence-corrected chi connectivity index (χ1v) is 18.1. The lowest BCUT2D eigenvalue weighted by atomic mass is 10.1. The van der Waals surface area contributed by atoms with Crippen LogP contribution in [0, 0.1) is 6.92 Å². The van der Waals surface area contributed by atoms with Crippen LogP contribution in [-0.4, -0.2) is 44.0 Å². The molecule has 1 aromatic heterocycles. The van der Waals surface area contributed by atoms with E-state index in [1.807, 2.05) is 61.5 Å². The zero-order chi connectivity index (χ0) is 37.3. The molecule has 0 radical (unpaired) electrons. The highest BCUT2D eigenvalue weighted by atomic mass is 32.2. The number of hydrogen-bond donors (Lipinski definition) is 3. The molecule has 0 bridgehead atoms. The molecule has 1 atom stereocenters. The molecule has 0 saturated heterocycles. The summed E-state index contributed by atoms with van der Waals surface area (Å²) in [6.45, 7) is 2.02. The van der Waals surface area contributed by atoms with E-state index in [2.05, 4.69) is 27.0 Å². The van der Waals surface area contributed by atoms with Gasteiger partial charge in [-0.2, -0.15) is 0 Å². The van der Waals surface area contributed by atoms with Gasteiger partial charge in [0.2, 0.25) is 5.91 Å². The van der Waals surface area contributed by atoms with E-state index in [0.717, 1.165) is 26.2 Å². The first kappa shape index (κ1) is 36.7. The minimum absolute atomic E-state index is 0.0337. The van der Waals surface area contributed by atoms with Crippen molar-refractivity contribution in [2.75, 3.05) is 32.0 Å². The molecule has 12 heteroatoms. The largest absolute Gasteiger partial charge is 0.496 e. The predicted molar refractivity (Wildman–Crippen MR) is 211 cm³/mol. The van der Waals surface area contributed by atoms with E-state index in [9.17, 15) is 14.4 Å². The Morgan fingerprint density at radius 2 is 1.42 bits per heavy atom. The summed E-state index contributed by atoms with van der Waals surface area (Å²) >= 11 is 2.81. The van der Waals surface area contributed by atoms with Gasteiger partial charge in [0.15, 0.2) is 16.6 Å². The molecular weight excluding hydrogens is 709 g/mol. The summed E-state index contributed by atoms with van der Waals surface area (Å²) in [5, 5.41) is 8.59. The second-order valence-electron chi connectivity index (χ2n) is 11.7. The first-order valence-electron chi connectivity index (χ1n) is 16.4. The number of carbonyl (C=O) groups excluding carboxylic acids is 3. The number of thiazole rings is 1. The molecular formula is C41H36N4O6S2. The van der Waals surface area contributed by atoms with Crippen molar-refractivity contribution in [1.29, 1.82) is 0 Å². The quantitative estimate of drug-likeness (QED) is 0.0794. The number of aryl methyl sites for hydroxylation is 1. The summed E-state index contributed by atoms with van der Waals surface area (Å²) in [6.07, 6.45) is 1.51. The number of fused-ring (bicyclic) bond motifs is 1. The fraction of sp³-hybridized carbons (Fsp3) is 0.122. The van der Waals surface area contributed by atoms with Crippen molar-refractivity contribution >= 4 is 67.9 Å². The minimum Gasteiger partial charge on any atom is -0.496 e. The van der Waals surface area contributed by atoms with Gasteiger partial charge in [0.25, 0.3) is 11.8 Å². The number of amides is 3. The highest BCUT2D eigenvalue weighted by Gasteiger charge is 2.24. The molecule has 5 aromatic carbocycles. The van der Waals surface area contributed by atoms with Crippen LogP contribution in [-0.2, 0) is 9.59 Å². The summed E-state index contributed by atoms with van der Waals surface area (Å²) in [4.78, 5) is 46.2. The Balaban J connectivity index is 1.23. The Kier molecular flexibility index (Phi) is 11.7. The second-order valence-corrected chi connectivity index (χ2v) is 13.9. The molecule has 1 heterocycles. The molecule has 10 nitrogen and oxygen atoms in total. The molecule has 1 unspecified atom stereocenters. The maximum absolute atomic E-state index is 13.8. The molecule has 0 saturated carbocycles. The number of rotatable bonds is 13. The van der Waals surface area contributed by atoms with E-state index < -0.39 is 17.1 Å². The third-order valence-electron chi connectivity index (χ3n) is 8.05. The Morgan fingerprint density at radius 3 is 2.09 bits per heavy atom. The zero-order valence-corrected chi connectivity index (χ0v) is 31.0. The van der Waals surface area contributed by atoms with Gasteiger partial charge in [0, 0.05) is 27.8 Å². The number of nitrogens with one attached hydrogen (secondary N) is 3. The number of ether oxygens (including phenoxy) is 3. The maximum atomic E-state index is 13.8. The number of methoxy groups -OCH3 is 3. The number of anilines is 2. The third-order valence-corrected chi connectivity index (χ3v) is 10.2. The van der Waals surface area contributed by atoms with Crippen molar-refractivity contribution in [3.8, 4) is 17.2 Å². The Hall–Kier alpha value is -6.11. The molecule has 0 aliphatic carbocycles. The molecule has 0 spiro atoms. The van der Waals surface area contributed by atoms with E-state index in [1.165, 1.54) is 50.5 Å². The average molecular weight is 745 g/mol. The predicted octanol–water partition coefficient (Wildman–Crippen LogP) is 8.51. The van der Waals surface area contributed by atoms with Crippen molar-refractivity contribution in [2.45, 2.75) is 17.1 Å². The second kappa shape index (κ2) is 16.9. The molecule has 0 aliphatic rings. The number of hydrogen-bond acceptors (Lipinski definition) is 9. The molecule has 3 amide bonds. The van der Waals surface area contributed by atoms with Crippen LogP contribution in [0.4, 0.5) is 10.8 Å². The van der Waals surface area contributed by atoms with Gasteiger partial charge in [-0.25, -0.2) is 4.98 Å². The first-order chi connectivity index (χ1) is 25.7. The van der Waals surface area contributed by atoms with Gasteiger partial charge in [-0.3, -0.25) is 14.4 Å². The summed E-state index contributed by atoms with van der Waals surface area (Å²) in [5.74, 6) is 0.0166. The Labute approximate surface area is 315 Å². The number of carbonyl (C=O) groups is 3. The minimum atomic E-state index is -0.579. The van der Waals surface area contributed by atoms with Gasteiger partial charge >= 0.3 is 0 Å². The van der Waals surface area contributed by atoms with Crippen LogP contribution in [0.1, 0.15) is 32.3 Å². The lowest BCUT2D eigenvalue weighted by molar-refractivity contribution is -0.116. The number of thioether (sulfide) groups is 1. The summed E-state index contributed by atoms with van der Waals surface area (Å²) < 4.78 is 17.4. The number of benzene rings is 5. The van der Waals surface area contributed by atoms with Crippen molar-refractivity contribution in [2.24, 2.45) is 0 Å². The number of aromatic nitrogens is 1. The highest BCUT2D eigenvalue weighted by Crippen LogP contribution is 2.38. The standard InChI is InChI=1S/C41H36N4O6S2/c1-25-15-20-31-36(21-25)53-41(44-31)45-40(48)37(26-11-7-5-8-12-26)52-30-18-16-29(17-19-30)42-39(47)32(43-38(46)27-13-9-6-10-14-27)22-28-23-34(50-3)35(51-4)24-33(28)49-2/h5-24,37H,1-4H3,(H,42,47)(H,43,46)(H,44,45,48)/b32-22-. The monoisotopic (exact) mass is 744 g/mol. The third kappa shape index (κ3) is 9.04. The lowest BCUT2D eigenvalue weighted by Gasteiger charge is -2.17. The molecule has 6 aromatic rings. The SMILES string of the molecule is COc1cc(OC)c(OC)cc1/C=C(\NC(=O)c1ccccc1)C(=O)Nc1ccc(SC(C(=O)Nc2nc3ccc(C)cc3s2)c2ccccc2)cc1. The van der Waals surface area contributed by atoms with Crippen LogP contribution in [0.3, 0.4) is 0 Å². The smallest absolute Gasteiger partial charge is 0.272 e. The van der Waals surface area contributed by atoms with Crippen LogP contribution < -0.4 is 30.2 Å². The van der Waals surface area contributed by atoms with E-state index in [1.54, 1.807) is 54.6 Å². The maximum Gasteiger partial charge on any atom is 0.272 e. The van der Waals surface area contributed by atoms with Crippen LogP contribution in [0.15, 0.2) is 126 Å². The lowest BCUT2D eigenvalue weighted by Crippen LogP contribution is -2.30. The Bertz CT molecular complexity index is 2280. The fourth-order valence-electron chi connectivity index (χ4n) is 5.37. The fourth-order valence-corrected chi connectivity index (χ4v) is 7.36. The van der Waals surface area contributed by atoms with Gasteiger partial charge in [0.05, 0.1) is 31.5 Å². The molecule has 6 rings (SSSR count). The van der Waals surface area contributed by atoms with Crippen LogP contribution in [0.2, 0.25) is 0 Å².